The minimum Gasteiger partial charge on any atom is -0.467 e. The second-order valence-electron chi connectivity index (χ2n) is 7.78. The minimum absolute atomic E-state index is 0.462. The maximum absolute atomic E-state index is 6.44. The van der Waals surface area contributed by atoms with E-state index in [9.17, 15) is 0 Å². The molecule has 0 spiro atoms. The molecule has 0 saturated heterocycles. The third kappa shape index (κ3) is 5.67. The van der Waals surface area contributed by atoms with Gasteiger partial charge in [0.2, 0.25) is 0 Å². The van der Waals surface area contributed by atoms with Gasteiger partial charge < -0.3 is 9.47 Å². The summed E-state index contributed by atoms with van der Waals surface area (Å²) in [6.45, 7) is 10.6. The van der Waals surface area contributed by atoms with Gasteiger partial charge in [-0.3, -0.25) is 0 Å². The van der Waals surface area contributed by atoms with Crippen LogP contribution in [-0.2, 0) is 9.47 Å². The highest BCUT2D eigenvalue weighted by Gasteiger charge is 2.27. The Labute approximate surface area is 143 Å². The van der Waals surface area contributed by atoms with Crippen LogP contribution in [0.2, 0.25) is 0 Å². The summed E-state index contributed by atoms with van der Waals surface area (Å²) in [7, 11) is 0. The molecule has 23 heavy (non-hydrogen) atoms. The summed E-state index contributed by atoms with van der Waals surface area (Å²) in [6, 6.07) is 0. The molecule has 0 amide bonds. The molecule has 0 heterocycles. The van der Waals surface area contributed by atoms with Crippen LogP contribution in [0, 0.1) is 5.92 Å². The van der Waals surface area contributed by atoms with E-state index < -0.39 is 0 Å². The van der Waals surface area contributed by atoms with E-state index in [-0.39, 0.29) is 0 Å². The van der Waals surface area contributed by atoms with E-state index in [1.165, 1.54) is 68.9 Å². The van der Waals surface area contributed by atoms with E-state index in [1.54, 1.807) is 0 Å². The normalized spacial score (nSPS) is 27.3. The van der Waals surface area contributed by atoms with Gasteiger partial charge in [-0.15, -0.1) is 0 Å². The van der Waals surface area contributed by atoms with Crippen LogP contribution in [0.1, 0.15) is 92.4 Å². The molecule has 2 fully saturated rings. The lowest BCUT2D eigenvalue weighted by molar-refractivity contribution is -0.0517. The standard InChI is InChI=1S/C21H36O2/c1-15(2)17(4)22-18(5)16(3)19-10-9-13-21(14-19)23-20-11-7-6-8-12-20/h19-21H,6-14H2,1-5H3. The molecule has 2 aliphatic carbocycles. The first-order chi connectivity index (χ1) is 11.0. The summed E-state index contributed by atoms with van der Waals surface area (Å²) in [5.41, 5.74) is 2.67. The number of hydrogen-bond acceptors (Lipinski definition) is 2. The highest BCUT2D eigenvalue weighted by Crippen LogP contribution is 2.35. The summed E-state index contributed by atoms with van der Waals surface area (Å²) in [6.07, 6.45) is 12.6. The molecule has 2 nitrogen and oxygen atoms in total. The van der Waals surface area contributed by atoms with Crippen LogP contribution in [0.15, 0.2) is 22.7 Å². The van der Waals surface area contributed by atoms with Crippen molar-refractivity contribution in [1.29, 1.82) is 0 Å². The van der Waals surface area contributed by atoms with E-state index in [2.05, 4.69) is 34.6 Å². The Hall–Kier alpha value is -0.760. The van der Waals surface area contributed by atoms with Crippen molar-refractivity contribution in [1.82, 2.24) is 0 Å². The van der Waals surface area contributed by atoms with E-state index in [0.717, 1.165) is 11.5 Å². The highest BCUT2D eigenvalue weighted by atomic mass is 16.5. The molecule has 0 aromatic heterocycles. The smallest absolute Gasteiger partial charge is 0.0997 e. The number of hydrogen-bond donors (Lipinski definition) is 0. The van der Waals surface area contributed by atoms with Gasteiger partial charge in [0.25, 0.3) is 0 Å². The van der Waals surface area contributed by atoms with Crippen LogP contribution in [0.4, 0.5) is 0 Å². The lowest BCUT2D eigenvalue weighted by Gasteiger charge is -2.34. The van der Waals surface area contributed by atoms with E-state index in [0.29, 0.717) is 18.1 Å². The fourth-order valence-electron chi connectivity index (χ4n) is 3.83. The predicted molar refractivity (Wildman–Crippen MR) is 97.2 cm³/mol. The van der Waals surface area contributed by atoms with Crippen LogP contribution in [0.25, 0.3) is 0 Å². The highest BCUT2D eigenvalue weighted by molar-refractivity contribution is 5.12. The summed E-state index contributed by atoms with van der Waals surface area (Å²) >= 11 is 0. The van der Waals surface area contributed by atoms with E-state index >= 15 is 0 Å². The van der Waals surface area contributed by atoms with Crippen molar-refractivity contribution in [3.8, 4) is 0 Å². The van der Waals surface area contributed by atoms with Gasteiger partial charge in [-0.2, -0.15) is 0 Å². The zero-order chi connectivity index (χ0) is 16.8. The number of rotatable bonds is 5. The van der Waals surface area contributed by atoms with Crippen molar-refractivity contribution in [2.24, 2.45) is 5.92 Å². The Morgan fingerprint density at radius 2 is 1.35 bits per heavy atom. The molecule has 2 atom stereocenters. The summed E-state index contributed by atoms with van der Waals surface area (Å²) in [5, 5.41) is 0. The fraction of sp³-hybridized carbons (Fsp3) is 0.810. The van der Waals surface area contributed by atoms with Crippen molar-refractivity contribution in [2.45, 2.75) is 105 Å². The molecule has 2 rings (SSSR count). The maximum Gasteiger partial charge on any atom is 0.0997 e. The summed E-state index contributed by atoms with van der Waals surface area (Å²) < 4.78 is 12.5. The molecule has 0 aliphatic heterocycles. The third-order valence-corrected chi connectivity index (χ3v) is 5.74. The molecular formula is C21H36O2. The van der Waals surface area contributed by atoms with Crippen LogP contribution in [0.5, 0.6) is 0 Å². The van der Waals surface area contributed by atoms with Gasteiger partial charge >= 0.3 is 0 Å². The average molecular weight is 321 g/mol. The van der Waals surface area contributed by atoms with Gasteiger partial charge in [0.1, 0.15) is 0 Å². The molecule has 0 aromatic carbocycles. The summed E-state index contributed by atoms with van der Waals surface area (Å²) in [5.74, 6) is 2.75. The minimum atomic E-state index is 0.462. The lowest BCUT2D eigenvalue weighted by Crippen LogP contribution is -2.29. The monoisotopic (exact) mass is 320 g/mol. The largest absolute Gasteiger partial charge is 0.467 e. The SMILES string of the molecule is CC(C)=C(C)OC(C)=C(C)C1CCCC(OC2CCCCC2)C1. The molecule has 0 aromatic rings. The van der Waals surface area contributed by atoms with Crippen molar-refractivity contribution >= 4 is 0 Å². The van der Waals surface area contributed by atoms with Crippen molar-refractivity contribution < 1.29 is 9.47 Å². The molecule has 0 radical (unpaired) electrons. The van der Waals surface area contributed by atoms with Crippen LogP contribution >= 0.6 is 0 Å². The Kier molecular flexibility index (Phi) is 7.20. The molecule has 2 unspecified atom stereocenters. The first-order valence-electron chi connectivity index (χ1n) is 9.62. The van der Waals surface area contributed by atoms with Crippen molar-refractivity contribution in [3.63, 3.8) is 0 Å². The third-order valence-electron chi connectivity index (χ3n) is 5.74. The van der Waals surface area contributed by atoms with Gasteiger partial charge in [0.15, 0.2) is 0 Å². The van der Waals surface area contributed by atoms with Crippen LogP contribution in [-0.4, -0.2) is 12.2 Å². The Balaban J connectivity index is 1.92. The molecule has 2 saturated carbocycles. The molecule has 0 bridgehead atoms. The molecule has 0 N–H and O–H groups in total. The second-order valence-corrected chi connectivity index (χ2v) is 7.78. The van der Waals surface area contributed by atoms with Gasteiger partial charge in [0.05, 0.1) is 23.7 Å². The van der Waals surface area contributed by atoms with Crippen molar-refractivity contribution in [2.75, 3.05) is 0 Å². The van der Waals surface area contributed by atoms with Crippen LogP contribution in [0.3, 0.4) is 0 Å². The Bertz CT molecular complexity index is 437. The molecule has 132 valence electrons. The van der Waals surface area contributed by atoms with Gasteiger partial charge in [-0.05, 0) is 83.8 Å². The number of allylic oxidation sites excluding steroid dienone is 4. The molecular weight excluding hydrogens is 284 g/mol. The Morgan fingerprint density at radius 3 is 2.00 bits per heavy atom. The molecule has 2 heteroatoms. The first-order valence-corrected chi connectivity index (χ1v) is 9.62. The fourth-order valence-corrected chi connectivity index (χ4v) is 3.83. The predicted octanol–water partition coefficient (Wildman–Crippen LogP) is 6.52. The van der Waals surface area contributed by atoms with Crippen molar-refractivity contribution in [3.05, 3.63) is 22.7 Å². The molecule has 2 aliphatic rings. The quantitative estimate of drug-likeness (QED) is 0.537. The van der Waals surface area contributed by atoms with E-state index in [4.69, 9.17) is 9.47 Å². The van der Waals surface area contributed by atoms with Gasteiger partial charge in [0, 0.05) is 0 Å². The van der Waals surface area contributed by atoms with Crippen LogP contribution < -0.4 is 0 Å². The van der Waals surface area contributed by atoms with Gasteiger partial charge in [-0.25, -0.2) is 0 Å². The average Bonchev–Trinajstić information content (AvgIpc) is 2.55. The van der Waals surface area contributed by atoms with E-state index in [1.807, 2.05) is 0 Å². The zero-order valence-corrected chi connectivity index (χ0v) is 15.9. The Morgan fingerprint density at radius 1 is 0.696 bits per heavy atom. The summed E-state index contributed by atoms with van der Waals surface area (Å²) in [4.78, 5) is 0. The van der Waals surface area contributed by atoms with Gasteiger partial charge in [-0.1, -0.05) is 25.7 Å². The zero-order valence-electron chi connectivity index (χ0n) is 15.9. The lowest BCUT2D eigenvalue weighted by atomic mass is 9.82. The topological polar surface area (TPSA) is 18.5 Å². The maximum atomic E-state index is 6.44. The first kappa shape index (κ1) is 18.6. The number of ether oxygens (including phenoxy) is 2. The second kappa shape index (κ2) is 8.92.